The third-order valence-corrected chi connectivity index (χ3v) is 3.77. The molecule has 1 unspecified atom stereocenters. The largest absolute Gasteiger partial charge is 0.447 e. The predicted molar refractivity (Wildman–Crippen MR) is 90.9 cm³/mol. The summed E-state index contributed by atoms with van der Waals surface area (Å²) in [6, 6.07) is 0. The molecule has 0 bridgehead atoms. The van der Waals surface area contributed by atoms with Gasteiger partial charge in [0.15, 0.2) is 0 Å². The molecular weight excluding hydrogens is 328 g/mol. The number of carbonyl (C=O) groups is 3. The van der Waals surface area contributed by atoms with Gasteiger partial charge in [0.05, 0.1) is 39.1 Å². The molecule has 8 nitrogen and oxygen atoms in total. The zero-order chi connectivity index (χ0) is 18.8. The van der Waals surface area contributed by atoms with Gasteiger partial charge in [-0.3, -0.25) is 14.5 Å². The minimum absolute atomic E-state index is 0.0980. The van der Waals surface area contributed by atoms with Crippen LogP contribution in [0.3, 0.4) is 0 Å². The average molecular weight is 358 g/mol. The molecule has 1 heterocycles. The average Bonchev–Trinajstić information content (AvgIpc) is 2.80. The second-order valence-electron chi connectivity index (χ2n) is 6.54. The Morgan fingerprint density at radius 1 is 1.12 bits per heavy atom. The van der Waals surface area contributed by atoms with Crippen LogP contribution >= 0.6 is 0 Å². The fourth-order valence-corrected chi connectivity index (χ4v) is 2.42. The first-order chi connectivity index (χ1) is 11.8. The predicted octanol–water partition coefficient (Wildman–Crippen LogP) is 1.19. The number of amides is 3. The minimum atomic E-state index is -0.463. The lowest BCUT2D eigenvalue weighted by atomic mass is 9.94. The maximum Gasteiger partial charge on any atom is 0.407 e. The Balaban J connectivity index is 2.01. The molecule has 0 radical (unpaired) electrons. The number of rotatable bonds is 11. The highest BCUT2D eigenvalue weighted by Crippen LogP contribution is 2.25. The molecule has 3 amide bonds. The van der Waals surface area contributed by atoms with Gasteiger partial charge in [0.25, 0.3) is 0 Å². The molecule has 1 aliphatic rings. The zero-order valence-electron chi connectivity index (χ0n) is 15.6. The molecule has 25 heavy (non-hydrogen) atoms. The number of imide groups is 1. The first kappa shape index (κ1) is 21.4. The fraction of sp³-hybridized carbons (Fsp3) is 0.824. The molecule has 1 rings (SSSR count). The van der Waals surface area contributed by atoms with E-state index in [0.29, 0.717) is 39.4 Å². The van der Waals surface area contributed by atoms with E-state index in [2.05, 4.69) is 5.32 Å². The van der Waals surface area contributed by atoms with Crippen molar-refractivity contribution in [2.24, 2.45) is 11.8 Å². The summed E-state index contributed by atoms with van der Waals surface area (Å²) in [6.07, 6.45) is -0.319. The van der Waals surface area contributed by atoms with Gasteiger partial charge < -0.3 is 19.5 Å². The minimum Gasteiger partial charge on any atom is -0.447 e. The Hall–Kier alpha value is -1.67. The maximum atomic E-state index is 12.1. The van der Waals surface area contributed by atoms with Crippen molar-refractivity contribution in [3.63, 3.8) is 0 Å². The van der Waals surface area contributed by atoms with Crippen molar-refractivity contribution in [1.82, 2.24) is 10.2 Å². The zero-order valence-corrected chi connectivity index (χ0v) is 15.6. The van der Waals surface area contributed by atoms with E-state index < -0.39 is 6.09 Å². The van der Waals surface area contributed by atoms with Crippen LogP contribution in [0, 0.1) is 11.8 Å². The van der Waals surface area contributed by atoms with Gasteiger partial charge >= 0.3 is 6.09 Å². The third-order valence-electron chi connectivity index (χ3n) is 3.77. The summed E-state index contributed by atoms with van der Waals surface area (Å²) >= 11 is 0. The van der Waals surface area contributed by atoms with Gasteiger partial charge in [0.2, 0.25) is 11.8 Å². The first-order valence-corrected chi connectivity index (χ1v) is 8.77. The van der Waals surface area contributed by atoms with Crippen molar-refractivity contribution in [1.29, 1.82) is 0 Å². The molecule has 0 aromatic heterocycles. The van der Waals surface area contributed by atoms with E-state index in [0.717, 1.165) is 0 Å². The van der Waals surface area contributed by atoms with Crippen LogP contribution in [0.1, 0.15) is 34.1 Å². The number of hydrogen-bond acceptors (Lipinski definition) is 6. The van der Waals surface area contributed by atoms with Gasteiger partial charge in [-0.15, -0.1) is 0 Å². The Morgan fingerprint density at radius 3 is 2.32 bits per heavy atom. The summed E-state index contributed by atoms with van der Waals surface area (Å²) in [7, 11) is 0. The second kappa shape index (κ2) is 11.0. The summed E-state index contributed by atoms with van der Waals surface area (Å²) in [6.45, 7) is 9.48. The smallest absolute Gasteiger partial charge is 0.407 e. The van der Waals surface area contributed by atoms with Crippen LogP contribution in [0.15, 0.2) is 0 Å². The van der Waals surface area contributed by atoms with Crippen molar-refractivity contribution >= 4 is 17.9 Å². The van der Waals surface area contributed by atoms with Gasteiger partial charge in [-0.2, -0.15) is 0 Å². The van der Waals surface area contributed by atoms with E-state index >= 15 is 0 Å². The molecule has 1 saturated heterocycles. The second-order valence-corrected chi connectivity index (χ2v) is 6.54. The number of nitrogens with zero attached hydrogens (tertiary/aromatic N) is 1. The highest BCUT2D eigenvalue weighted by Gasteiger charge is 2.39. The van der Waals surface area contributed by atoms with Crippen molar-refractivity contribution < 1.29 is 28.6 Å². The van der Waals surface area contributed by atoms with Crippen LogP contribution < -0.4 is 5.32 Å². The monoisotopic (exact) mass is 358 g/mol. The summed E-state index contributed by atoms with van der Waals surface area (Å²) < 4.78 is 15.6. The molecule has 1 N–H and O–H groups in total. The van der Waals surface area contributed by atoms with Crippen molar-refractivity contribution in [3.05, 3.63) is 0 Å². The molecular formula is C17H30N2O6. The lowest BCUT2D eigenvalue weighted by Crippen LogP contribution is -2.34. The summed E-state index contributed by atoms with van der Waals surface area (Å²) in [5, 5.41) is 2.57. The Bertz CT molecular complexity index is 452. The van der Waals surface area contributed by atoms with Crippen LogP contribution in [0.2, 0.25) is 0 Å². The Kier molecular flexibility index (Phi) is 9.44. The summed E-state index contributed by atoms with van der Waals surface area (Å²) in [4.78, 5) is 36.4. The topological polar surface area (TPSA) is 94.2 Å². The van der Waals surface area contributed by atoms with Crippen LogP contribution in [0.5, 0.6) is 0 Å². The lowest BCUT2D eigenvalue weighted by Gasteiger charge is -2.16. The van der Waals surface area contributed by atoms with E-state index in [1.807, 2.05) is 13.8 Å². The normalized spacial score (nSPS) is 17.7. The number of likely N-dealkylation sites (tertiary alicyclic amines) is 1. The standard InChI is InChI=1S/C17H30N2O6/c1-12(2)14-11-15(20)19(16(14)21)6-8-24-10-9-23-7-5-18-17(22)25-13(3)4/h12-14H,5-11H2,1-4H3,(H,18,22). The highest BCUT2D eigenvalue weighted by molar-refractivity contribution is 6.03. The molecule has 1 atom stereocenters. The molecule has 0 saturated carbocycles. The Morgan fingerprint density at radius 2 is 1.76 bits per heavy atom. The molecule has 0 aromatic rings. The van der Waals surface area contributed by atoms with E-state index in [1.165, 1.54) is 4.90 Å². The number of hydrogen-bond donors (Lipinski definition) is 1. The van der Waals surface area contributed by atoms with Crippen LogP contribution in [0.25, 0.3) is 0 Å². The van der Waals surface area contributed by atoms with E-state index in [1.54, 1.807) is 13.8 Å². The van der Waals surface area contributed by atoms with E-state index in [9.17, 15) is 14.4 Å². The first-order valence-electron chi connectivity index (χ1n) is 8.77. The quantitative estimate of drug-likeness (QED) is 0.440. The number of alkyl carbamates (subject to hydrolysis) is 1. The van der Waals surface area contributed by atoms with Crippen LogP contribution in [-0.4, -0.2) is 68.4 Å². The van der Waals surface area contributed by atoms with Crippen LogP contribution in [-0.2, 0) is 23.8 Å². The van der Waals surface area contributed by atoms with E-state index in [4.69, 9.17) is 14.2 Å². The molecule has 0 spiro atoms. The van der Waals surface area contributed by atoms with Gasteiger partial charge in [-0.25, -0.2) is 4.79 Å². The van der Waals surface area contributed by atoms with Crippen LogP contribution in [0.4, 0.5) is 4.79 Å². The fourth-order valence-electron chi connectivity index (χ4n) is 2.42. The van der Waals surface area contributed by atoms with Gasteiger partial charge in [0.1, 0.15) is 0 Å². The molecule has 8 heteroatoms. The molecule has 0 aromatic carbocycles. The van der Waals surface area contributed by atoms with Crippen molar-refractivity contribution in [2.45, 2.75) is 40.2 Å². The Labute approximate surface area is 149 Å². The summed E-state index contributed by atoms with van der Waals surface area (Å²) in [5.74, 6) is -0.255. The van der Waals surface area contributed by atoms with E-state index in [-0.39, 0.29) is 36.3 Å². The molecule has 0 aliphatic carbocycles. The molecule has 1 fully saturated rings. The SMILES string of the molecule is CC(C)OC(=O)NCCOCCOCCN1C(=O)CC(C(C)C)C1=O. The van der Waals surface area contributed by atoms with Gasteiger partial charge in [-0.05, 0) is 19.8 Å². The van der Waals surface area contributed by atoms with Crippen molar-refractivity contribution in [3.8, 4) is 0 Å². The van der Waals surface area contributed by atoms with Crippen molar-refractivity contribution in [2.75, 3.05) is 39.5 Å². The number of ether oxygens (including phenoxy) is 3. The lowest BCUT2D eigenvalue weighted by molar-refractivity contribution is -0.140. The number of nitrogens with one attached hydrogen (secondary N) is 1. The number of carbonyl (C=O) groups excluding carboxylic acids is 3. The molecule has 144 valence electrons. The van der Waals surface area contributed by atoms with Gasteiger partial charge in [-0.1, -0.05) is 13.8 Å². The summed E-state index contributed by atoms with van der Waals surface area (Å²) in [5.41, 5.74) is 0. The highest BCUT2D eigenvalue weighted by atomic mass is 16.6. The molecule has 1 aliphatic heterocycles. The third kappa shape index (κ3) is 7.83. The van der Waals surface area contributed by atoms with Gasteiger partial charge in [0, 0.05) is 18.9 Å². The maximum absolute atomic E-state index is 12.1.